The van der Waals surface area contributed by atoms with Crippen molar-refractivity contribution in [3.05, 3.63) is 72.3 Å². The van der Waals surface area contributed by atoms with Crippen molar-refractivity contribution >= 4 is 23.5 Å². The van der Waals surface area contributed by atoms with E-state index in [4.69, 9.17) is 21.7 Å². The van der Waals surface area contributed by atoms with Crippen molar-refractivity contribution < 1.29 is 9.47 Å². The van der Waals surface area contributed by atoms with Gasteiger partial charge in [-0.3, -0.25) is 5.43 Å². The van der Waals surface area contributed by atoms with E-state index in [1.165, 1.54) is 5.56 Å². The van der Waals surface area contributed by atoms with Crippen molar-refractivity contribution in [2.24, 2.45) is 5.10 Å². The summed E-state index contributed by atoms with van der Waals surface area (Å²) in [5.41, 5.74) is 4.88. The standard InChI is InChI=1S/C21H25N3O2S/c1-3-13-22-21(27)24-23-16-18-10-11-19(20(15-18)25-4-2)26-14-12-17-8-6-5-7-9-17/h3,5-11,15-16H,1,4,12-14H2,2H3,(H2,22,24,27)/b23-16+. The number of hydrogen-bond acceptors (Lipinski definition) is 4. The second kappa shape index (κ2) is 11.7. The molecule has 5 nitrogen and oxygen atoms in total. The average molecular weight is 384 g/mol. The summed E-state index contributed by atoms with van der Waals surface area (Å²) in [6, 6.07) is 16.0. The molecule has 2 aromatic carbocycles. The first-order valence-corrected chi connectivity index (χ1v) is 9.25. The van der Waals surface area contributed by atoms with E-state index in [-0.39, 0.29) is 0 Å². The minimum Gasteiger partial charge on any atom is -0.490 e. The van der Waals surface area contributed by atoms with Crippen LogP contribution >= 0.6 is 12.2 Å². The Hall–Kier alpha value is -2.86. The summed E-state index contributed by atoms with van der Waals surface area (Å²) in [6.45, 7) is 7.30. The molecule has 0 fully saturated rings. The molecule has 0 amide bonds. The lowest BCUT2D eigenvalue weighted by Crippen LogP contribution is -2.31. The third-order valence-electron chi connectivity index (χ3n) is 3.55. The monoisotopic (exact) mass is 383 g/mol. The lowest BCUT2D eigenvalue weighted by atomic mass is 10.2. The highest BCUT2D eigenvalue weighted by atomic mass is 32.1. The number of hydrazone groups is 1. The molecule has 27 heavy (non-hydrogen) atoms. The molecule has 2 N–H and O–H groups in total. The van der Waals surface area contributed by atoms with Crippen LogP contribution in [0.3, 0.4) is 0 Å². The molecular weight excluding hydrogens is 358 g/mol. The molecule has 0 saturated heterocycles. The molecule has 0 aliphatic carbocycles. The zero-order valence-corrected chi connectivity index (χ0v) is 16.3. The number of hydrogen-bond donors (Lipinski definition) is 2. The molecule has 0 aliphatic rings. The Labute approximate surface area is 166 Å². The Kier molecular flexibility index (Phi) is 8.86. The highest BCUT2D eigenvalue weighted by molar-refractivity contribution is 7.80. The Morgan fingerprint density at radius 3 is 2.70 bits per heavy atom. The lowest BCUT2D eigenvalue weighted by molar-refractivity contribution is 0.279. The Bertz CT molecular complexity index is 763. The van der Waals surface area contributed by atoms with Gasteiger partial charge in [0.1, 0.15) is 0 Å². The van der Waals surface area contributed by atoms with Gasteiger partial charge in [-0.05, 0) is 48.5 Å². The molecule has 2 aromatic rings. The maximum atomic E-state index is 5.91. The van der Waals surface area contributed by atoms with Crippen LogP contribution < -0.4 is 20.2 Å². The first-order valence-electron chi connectivity index (χ1n) is 8.84. The van der Waals surface area contributed by atoms with Crippen LogP contribution in [-0.4, -0.2) is 31.1 Å². The lowest BCUT2D eigenvalue weighted by Gasteiger charge is -2.12. The molecule has 0 aromatic heterocycles. The first kappa shape index (κ1) is 20.5. The van der Waals surface area contributed by atoms with Gasteiger partial charge in [-0.25, -0.2) is 0 Å². The van der Waals surface area contributed by atoms with Gasteiger partial charge in [0.2, 0.25) is 0 Å². The van der Waals surface area contributed by atoms with E-state index < -0.39 is 0 Å². The maximum absolute atomic E-state index is 5.91. The molecule has 0 spiro atoms. The van der Waals surface area contributed by atoms with Crippen LogP contribution in [0, 0.1) is 0 Å². The Morgan fingerprint density at radius 2 is 1.96 bits per heavy atom. The van der Waals surface area contributed by atoms with E-state index in [0.29, 0.717) is 30.6 Å². The van der Waals surface area contributed by atoms with Crippen molar-refractivity contribution in [2.45, 2.75) is 13.3 Å². The smallest absolute Gasteiger partial charge is 0.187 e. The highest BCUT2D eigenvalue weighted by Crippen LogP contribution is 2.28. The first-order chi connectivity index (χ1) is 13.2. The summed E-state index contributed by atoms with van der Waals surface area (Å²) in [4.78, 5) is 0. The van der Waals surface area contributed by atoms with Gasteiger partial charge in [0, 0.05) is 13.0 Å². The van der Waals surface area contributed by atoms with Gasteiger partial charge in [0.05, 0.1) is 19.4 Å². The minimum absolute atomic E-state index is 0.442. The van der Waals surface area contributed by atoms with Gasteiger partial charge in [-0.1, -0.05) is 36.4 Å². The van der Waals surface area contributed by atoms with Gasteiger partial charge in [0.15, 0.2) is 16.6 Å². The SMILES string of the molecule is C=CCNC(=S)N/N=C/c1ccc(OCCc2ccccc2)c(OCC)c1. The van der Waals surface area contributed by atoms with Gasteiger partial charge in [-0.2, -0.15) is 5.10 Å². The topological polar surface area (TPSA) is 54.9 Å². The van der Waals surface area contributed by atoms with E-state index in [1.807, 2.05) is 43.3 Å². The largest absolute Gasteiger partial charge is 0.490 e. The quantitative estimate of drug-likeness (QED) is 0.284. The number of benzene rings is 2. The Morgan fingerprint density at radius 1 is 1.15 bits per heavy atom. The third-order valence-corrected chi connectivity index (χ3v) is 3.78. The summed E-state index contributed by atoms with van der Waals surface area (Å²) in [5, 5.41) is 7.50. The van der Waals surface area contributed by atoms with Gasteiger partial charge >= 0.3 is 0 Å². The van der Waals surface area contributed by atoms with Crippen LogP contribution in [0.25, 0.3) is 0 Å². The molecule has 0 radical (unpaired) electrons. The third kappa shape index (κ3) is 7.50. The second-order valence-electron chi connectivity index (χ2n) is 5.59. The number of nitrogens with one attached hydrogen (secondary N) is 2. The van der Waals surface area contributed by atoms with Gasteiger partial charge in [0.25, 0.3) is 0 Å². The Balaban J connectivity index is 1.94. The normalized spacial score (nSPS) is 10.4. The highest BCUT2D eigenvalue weighted by Gasteiger charge is 2.06. The maximum Gasteiger partial charge on any atom is 0.187 e. The number of ether oxygens (including phenoxy) is 2. The van der Waals surface area contributed by atoms with Gasteiger partial charge < -0.3 is 14.8 Å². The fourth-order valence-corrected chi connectivity index (χ4v) is 2.42. The second-order valence-corrected chi connectivity index (χ2v) is 6.00. The van der Waals surface area contributed by atoms with Crippen molar-refractivity contribution in [3.63, 3.8) is 0 Å². The predicted molar refractivity (Wildman–Crippen MR) is 115 cm³/mol. The van der Waals surface area contributed by atoms with E-state index in [2.05, 4.69) is 34.6 Å². The molecule has 6 heteroatoms. The molecular formula is C21H25N3O2S. The average Bonchev–Trinajstić information content (AvgIpc) is 2.69. The number of thiocarbonyl (C=S) groups is 1. The summed E-state index contributed by atoms with van der Waals surface area (Å²) in [5.74, 6) is 1.42. The molecule has 0 saturated carbocycles. The van der Waals surface area contributed by atoms with Crippen molar-refractivity contribution in [3.8, 4) is 11.5 Å². The minimum atomic E-state index is 0.442. The summed E-state index contributed by atoms with van der Waals surface area (Å²) >= 11 is 5.08. The van der Waals surface area contributed by atoms with E-state index >= 15 is 0 Å². The molecule has 0 heterocycles. The van der Waals surface area contributed by atoms with Crippen molar-refractivity contribution in [1.82, 2.24) is 10.7 Å². The molecule has 0 bridgehead atoms. The molecule has 2 rings (SSSR count). The molecule has 142 valence electrons. The number of rotatable bonds is 10. The van der Waals surface area contributed by atoms with E-state index in [9.17, 15) is 0 Å². The summed E-state index contributed by atoms with van der Waals surface area (Å²) in [6.07, 6.45) is 4.25. The fourth-order valence-electron chi connectivity index (χ4n) is 2.29. The van der Waals surface area contributed by atoms with E-state index in [0.717, 1.165) is 17.7 Å². The molecule has 0 aliphatic heterocycles. The van der Waals surface area contributed by atoms with Gasteiger partial charge in [-0.15, -0.1) is 6.58 Å². The van der Waals surface area contributed by atoms with Crippen LogP contribution in [0.5, 0.6) is 11.5 Å². The van der Waals surface area contributed by atoms with Crippen molar-refractivity contribution in [1.29, 1.82) is 0 Å². The summed E-state index contributed by atoms with van der Waals surface area (Å²) < 4.78 is 11.6. The summed E-state index contributed by atoms with van der Waals surface area (Å²) in [7, 11) is 0. The molecule has 0 atom stereocenters. The van der Waals surface area contributed by atoms with E-state index in [1.54, 1.807) is 12.3 Å². The predicted octanol–water partition coefficient (Wildman–Crippen LogP) is 3.69. The zero-order chi connectivity index (χ0) is 19.3. The fraction of sp³-hybridized carbons (Fsp3) is 0.238. The van der Waals surface area contributed by atoms with Crippen LogP contribution in [0.4, 0.5) is 0 Å². The van der Waals surface area contributed by atoms with Crippen LogP contribution in [0.1, 0.15) is 18.1 Å². The van der Waals surface area contributed by atoms with Crippen LogP contribution in [-0.2, 0) is 6.42 Å². The molecule has 0 unspecified atom stereocenters. The zero-order valence-electron chi connectivity index (χ0n) is 15.5. The van der Waals surface area contributed by atoms with Crippen LogP contribution in [0.15, 0.2) is 66.3 Å². The van der Waals surface area contributed by atoms with Crippen molar-refractivity contribution in [2.75, 3.05) is 19.8 Å². The van der Waals surface area contributed by atoms with Crippen LogP contribution in [0.2, 0.25) is 0 Å². The number of nitrogens with zero attached hydrogens (tertiary/aromatic N) is 1.